The predicted molar refractivity (Wildman–Crippen MR) is 72.7 cm³/mol. The highest BCUT2D eigenvalue weighted by atomic mass is 32.2. The molecule has 0 bridgehead atoms. The zero-order valence-electron chi connectivity index (χ0n) is 11.1. The minimum Gasteiger partial charge on any atom is -0.748 e. The van der Waals surface area contributed by atoms with Crippen LogP contribution in [0.1, 0.15) is 43.4 Å². The summed E-state index contributed by atoms with van der Waals surface area (Å²) < 4.78 is 32.0. The standard InChI is InChI=1S/C14H22O3S/c1-3-5-12-9-13(6-4-2)11-14(10-12)7-8-18(15,16)17/h9-11H,3-8H2,1-2H3,(H,15,16,17)/p-1. The van der Waals surface area contributed by atoms with Crippen LogP contribution in [0.5, 0.6) is 0 Å². The minimum atomic E-state index is -4.12. The molecule has 0 aliphatic heterocycles. The number of hydrogen-bond acceptors (Lipinski definition) is 3. The van der Waals surface area contributed by atoms with Crippen LogP contribution < -0.4 is 0 Å². The molecule has 1 rings (SSSR count). The zero-order valence-corrected chi connectivity index (χ0v) is 11.9. The fourth-order valence-electron chi connectivity index (χ4n) is 2.09. The molecule has 0 aliphatic carbocycles. The Hall–Kier alpha value is -0.870. The summed E-state index contributed by atoms with van der Waals surface area (Å²) in [6, 6.07) is 6.23. The summed E-state index contributed by atoms with van der Waals surface area (Å²) >= 11 is 0. The molecule has 1 aromatic rings. The summed E-state index contributed by atoms with van der Waals surface area (Å²) in [5.41, 5.74) is 3.44. The van der Waals surface area contributed by atoms with Gasteiger partial charge >= 0.3 is 0 Å². The van der Waals surface area contributed by atoms with Crippen LogP contribution in [0.2, 0.25) is 0 Å². The molecule has 0 N–H and O–H groups in total. The first-order valence-electron chi connectivity index (χ1n) is 6.50. The van der Waals surface area contributed by atoms with E-state index in [1.54, 1.807) is 0 Å². The zero-order chi connectivity index (χ0) is 13.6. The Bertz CT molecular complexity index is 454. The van der Waals surface area contributed by atoms with Crippen molar-refractivity contribution in [2.45, 2.75) is 46.0 Å². The van der Waals surface area contributed by atoms with Crippen molar-refractivity contribution in [1.82, 2.24) is 0 Å². The first-order valence-corrected chi connectivity index (χ1v) is 8.07. The SMILES string of the molecule is CCCc1cc(CCC)cc(CCS(=O)(=O)[O-])c1. The summed E-state index contributed by atoms with van der Waals surface area (Å²) in [6.45, 7) is 4.24. The molecule has 0 spiro atoms. The Labute approximate surface area is 110 Å². The fourth-order valence-corrected chi connectivity index (χ4v) is 2.58. The molecule has 102 valence electrons. The predicted octanol–water partition coefficient (Wildman–Crippen LogP) is 2.68. The van der Waals surface area contributed by atoms with Gasteiger partial charge < -0.3 is 4.55 Å². The Morgan fingerprint density at radius 1 is 0.889 bits per heavy atom. The van der Waals surface area contributed by atoms with Gasteiger partial charge in [-0.15, -0.1) is 0 Å². The van der Waals surface area contributed by atoms with Gasteiger partial charge in [-0.25, -0.2) is 8.42 Å². The van der Waals surface area contributed by atoms with Crippen molar-refractivity contribution in [3.05, 3.63) is 34.9 Å². The highest BCUT2D eigenvalue weighted by Gasteiger charge is 2.03. The van der Waals surface area contributed by atoms with Crippen molar-refractivity contribution in [2.24, 2.45) is 0 Å². The largest absolute Gasteiger partial charge is 0.748 e. The summed E-state index contributed by atoms with van der Waals surface area (Å²) in [5, 5.41) is 0. The van der Waals surface area contributed by atoms with Gasteiger partial charge in [0.05, 0.1) is 10.1 Å². The van der Waals surface area contributed by atoms with E-state index in [0.29, 0.717) is 6.42 Å². The molecular formula is C14H21O3S-. The van der Waals surface area contributed by atoms with E-state index in [-0.39, 0.29) is 5.75 Å². The van der Waals surface area contributed by atoms with Gasteiger partial charge in [0.2, 0.25) is 0 Å². The lowest BCUT2D eigenvalue weighted by atomic mass is 9.99. The quantitative estimate of drug-likeness (QED) is 0.715. The Balaban J connectivity index is 2.88. The van der Waals surface area contributed by atoms with Gasteiger partial charge in [-0.3, -0.25) is 0 Å². The normalized spacial score (nSPS) is 11.7. The lowest BCUT2D eigenvalue weighted by Crippen LogP contribution is -2.07. The topological polar surface area (TPSA) is 57.2 Å². The third-order valence-electron chi connectivity index (χ3n) is 2.83. The molecule has 4 heteroatoms. The summed E-state index contributed by atoms with van der Waals surface area (Å²) in [4.78, 5) is 0. The van der Waals surface area contributed by atoms with Crippen LogP contribution in [0.4, 0.5) is 0 Å². The first kappa shape index (κ1) is 15.2. The molecular weight excluding hydrogens is 248 g/mol. The molecule has 0 aromatic heterocycles. The highest BCUT2D eigenvalue weighted by Crippen LogP contribution is 2.15. The van der Waals surface area contributed by atoms with E-state index in [1.165, 1.54) is 11.1 Å². The van der Waals surface area contributed by atoms with E-state index in [4.69, 9.17) is 0 Å². The molecule has 0 aliphatic rings. The molecule has 18 heavy (non-hydrogen) atoms. The van der Waals surface area contributed by atoms with Crippen LogP contribution in [-0.4, -0.2) is 18.7 Å². The van der Waals surface area contributed by atoms with Crippen molar-refractivity contribution >= 4 is 10.1 Å². The monoisotopic (exact) mass is 269 g/mol. The van der Waals surface area contributed by atoms with Gasteiger partial charge in [-0.2, -0.15) is 0 Å². The van der Waals surface area contributed by atoms with Gasteiger partial charge in [0.25, 0.3) is 0 Å². The lowest BCUT2D eigenvalue weighted by Gasteiger charge is -2.10. The molecule has 0 radical (unpaired) electrons. The number of aryl methyl sites for hydroxylation is 3. The minimum absolute atomic E-state index is 0.311. The van der Waals surface area contributed by atoms with Crippen molar-refractivity contribution < 1.29 is 13.0 Å². The summed E-state index contributed by atoms with van der Waals surface area (Å²) in [7, 11) is -4.12. The molecule has 0 amide bonds. The molecule has 0 atom stereocenters. The van der Waals surface area contributed by atoms with Crippen LogP contribution in [0.15, 0.2) is 18.2 Å². The van der Waals surface area contributed by atoms with Crippen molar-refractivity contribution in [1.29, 1.82) is 0 Å². The van der Waals surface area contributed by atoms with Gasteiger partial charge in [0, 0.05) is 5.75 Å². The van der Waals surface area contributed by atoms with Crippen LogP contribution in [0, 0.1) is 0 Å². The lowest BCUT2D eigenvalue weighted by molar-refractivity contribution is 0.462. The van der Waals surface area contributed by atoms with E-state index < -0.39 is 10.1 Å². The van der Waals surface area contributed by atoms with E-state index in [0.717, 1.165) is 31.2 Å². The van der Waals surface area contributed by atoms with E-state index >= 15 is 0 Å². The smallest absolute Gasteiger partial charge is 0.0949 e. The third-order valence-corrected chi connectivity index (χ3v) is 3.53. The van der Waals surface area contributed by atoms with E-state index in [9.17, 15) is 13.0 Å². The second kappa shape index (κ2) is 6.90. The average molecular weight is 269 g/mol. The van der Waals surface area contributed by atoms with Crippen LogP contribution in [0.25, 0.3) is 0 Å². The summed E-state index contributed by atoms with van der Waals surface area (Å²) in [6.07, 6.45) is 4.44. The average Bonchev–Trinajstić information content (AvgIpc) is 2.26. The van der Waals surface area contributed by atoms with E-state index in [1.807, 2.05) is 12.1 Å². The number of benzene rings is 1. The van der Waals surface area contributed by atoms with Crippen LogP contribution >= 0.6 is 0 Å². The first-order chi connectivity index (χ1) is 8.44. The van der Waals surface area contributed by atoms with Crippen molar-refractivity contribution in [3.63, 3.8) is 0 Å². The van der Waals surface area contributed by atoms with Crippen LogP contribution in [0.3, 0.4) is 0 Å². The van der Waals surface area contributed by atoms with Gasteiger partial charge in [0.15, 0.2) is 0 Å². The second-order valence-electron chi connectivity index (χ2n) is 4.67. The Kier molecular flexibility index (Phi) is 5.82. The molecule has 3 nitrogen and oxygen atoms in total. The highest BCUT2D eigenvalue weighted by molar-refractivity contribution is 7.85. The molecule has 0 heterocycles. The maximum absolute atomic E-state index is 10.7. The van der Waals surface area contributed by atoms with Crippen LogP contribution in [-0.2, 0) is 29.4 Å². The Morgan fingerprint density at radius 2 is 1.28 bits per heavy atom. The second-order valence-corrected chi connectivity index (χ2v) is 6.19. The van der Waals surface area contributed by atoms with Crippen molar-refractivity contribution in [3.8, 4) is 0 Å². The maximum Gasteiger partial charge on any atom is 0.0949 e. The Morgan fingerprint density at radius 3 is 1.61 bits per heavy atom. The number of rotatable bonds is 7. The number of hydrogen-bond donors (Lipinski definition) is 0. The third kappa shape index (κ3) is 5.65. The van der Waals surface area contributed by atoms with E-state index in [2.05, 4.69) is 19.9 Å². The molecule has 0 unspecified atom stereocenters. The summed E-state index contributed by atoms with van der Waals surface area (Å²) in [5.74, 6) is -0.311. The molecule has 0 fully saturated rings. The maximum atomic E-state index is 10.7. The van der Waals surface area contributed by atoms with Crippen molar-refractivity contribution in [2.75, 3.05) is 5.75 Å². The molecule has 1 aromatic carbocycles. The molecule has 0 saturated carbocycles. The van der Waals surface area contributed by atoms with Gasteiger partial charge in [-0.05, 0) is 36.0 Å². The van der Waals surface area contributed by atoms with Gasteiger partial charge in [-0.1, -0.05) is 44.9 Å². The fraction of sp³-hybridized carbons (Fsp3) is 0.571. The van der Waals surface area contributed by atoms with Gasteiger partial charge in [0.1, 0.15) is 0 Å². The molecule has 0 saturated heterocycles.